The van der Waals surface area contributed by atoms with Gasteiger partial charge in [-0.3, -0.25) is 4.68 Å². The summed E-state index contributed by atoms with van der Waals surface area (Å²) in [7, 11) is 1.89. The Balaban J connectivity index is 1.46. The van der Waals surface area contributed by atoms with E-state index in [0.717, 1.165) is 54.4 Å². The highest BCUT2D eigenvalue weighted by Gasteiger charge is 2.22. The number of hydrogen-bond donors (Lipinski definition) is 1. The molecule has 8 nitrogen and oxygen atoms in total. The summed E-state index contributed by atoms with van der Waals surface area (Å²) in [5.74, 6) is 2.48. The second-order valence-electron chi connectivity index (χ2n) is 6.24. The third-order valence-electron chi connectivity index (χ3n) is 4.48. The highest BCUT2D eigenvalue weighted by Crippen LogP contribution is 2.24. The molecule has 4 rings (SSSR count). The van der Waals surface area contributed by atoms with Crippen LogP contribution in [0.5, 0.6) is 0 Å². The highest BCUT2D eigenvalue weighted by molar-refractivity contribution is 6.29. The molecule has 0 aliphatic carbocycles. The lowest BCUT2D eigenvalue weighted by atomic mass is 10.0. The molecule has 3 aromatic rings. The van der Waals surface area contributed by atoms with Crippen LogP contribution in [0.3, 0.4) is 0 Å². The number of halogens is 1. The zero-order chi connectivity index (χ0) is 17.4. The van der Waals surface area contributed by atoms with Gasteiger partial charge in [-0.15, -0.1) is 10.2 Å². The van der Waals surface area contributed by atoms with Gasteiger partial charge in [-0.25, -0.2) is 9.97 Å². The van der Waals surface area contributed by atoms with E-state index in [4.69, 9.17) is 11.6 Å². The Hall–Kier alpha value is -2.48. The molecule has 1 aliphatic heterocycles. The molecule has 0 spiro atoms. The summed E-state index contributed by atoms with van der Waals surface area (Å²) in [4.78, 5) is 11.3. The van der Waals surface area contributed by atoms with Crippen LogP contribution in [0.2, 0.25) is 5.15 Å². The molecule has 0 amide bonds. The molecule has 0 bridgehead atoms. The largest absolute Gasteiger partial charge is 0.366 e. The lowest BCUT2D eigenvalue weighted by molar-refractivity contribution is 0.521. The first kappa shape index (κ1) is 16.0. The lowest BCUT2D eigenvalue weighted by Crippen LogP contribution is -2.39. The van der Waals surface area contributed by atoms with Gasteiger partial charge in [0.25, 0.3) is 0 Å². The minimum atomic E-state index is 0.356. The quantitative estimate of drug-likeness (QED) is 0.768. The van der Waals surface area contributed by atoms with Crippen LogP contribution in [0.15, 0.2) is 18.3 Å². The minimum Gasteiger partial charge on any atom is -0.366 e. The molecule has 3 aromatic heterocycles. The smallest absolute Gasteiger partial charge is 0.163 e. The number of hydrogen-bond acceptors (Lipinski definition) is 7. The van der Waals surface area contributed by atoms with Gasteiger partial charge >= 0.3 is 0 Å². The van der Waals surface area contributed by atoms with Crippen LogP contribution in [0.4, 0.5) is 11.6 Å². The molecule has 9 heteroatoms. The van der Waals surface area contributed by atoms with Crippen LogP contribution in [-0.4, -0.2) is 49.1 Å². The fraction of sp³-hybridized carbons (Fsp3) is 0.438. The molecule has 130 valence electrons. The van der Waals surface area contributed by atoms with E-state index in [1.807, 2.05) is 26.2 Å². The molecule has 1 aliphatic rings. The summed E-state index contributed by atoms with van der Waals surface area (Å²) in [6.07, 6.45) is 3.81. The van der Waals surface area contributed by atoms with E-state index in [9.17, 15) is 0 Å². The number of nitrogens with one attached hydrogen (secondary N) is 1. The fourth-order valence-corrected chi connectivity index (χ4v) is 3.27. The number of anilines is 2. The van der Waals surface area contributed by atoms with Crippen molar-refractivity contribution in [3.63, 3.8) is 0 Å². The van der Waals surface area contributed by atoms with Crippen LogP contribution in [0.1, 0.15) is 18.7 Å². The summed E-state index contributed by atoms with van der Waals surface area (Å²) in [6, 6.07) is 4.04. The van der Waals surface area contributed by atoms with E-state index in [-0.39, 0.29) is 0 Å². The lowest BCUT2D eigenvalue weighted by Gasteiger charge is -2.33. The molecule has 0 saturated carbocycles. The first-order chi connectivity index (χ1) is 12.1. The SMILES string of the molecule is Cc1nc(NC2CCN(c3ccc(Cl)nn3)CC2)c2cnn(C)c2n1. The van der Waals surface area contributed by atoms with Crippen molar-refractivity contribution < 1.29 is 0 Å². The third kappa shape index (κ3) is 3.21. The molecule has 25 heavy (non-hydrogen) atoms. The monoisotopic (exact) mass is 358 g/mol. The second-order valence-corrected chi connectivity index (χ2v) is 6.63. The van der Waals surface area contributed by atoms with E-state index in [1.54, 1.807) is 10.7 Å². The minimum absolute atomic E-state index is 0.356. The van der Waals surface area contributed by atoms with Crippen molar-refractivity contribution in [3.05, 3.63) is 29.3 Å². The van der Waals surface area contributed by atoms with Crippen LogP contribution in [-0.2, 0) is 7.05 Å². The Bertz CT molecular complexity index is 883. The van der Waals surface area contributed by atoms with Crippen LogP contribution in [0, 0.1) is 6.92 Å². The predicted octanol–water partition coefficient (Wildman–Crippen LogP) is 2.20. The fourth-order valence-electron chi connectivity index (χ4n) is 3.16. The van der Waals surface area contributed by atoms with E-state index in [0.29, 0.717) is 11.2 Å². The molecule has 0 aromatic carbocycles. The number of aryl methyl sites for hydroxylation is 2. The topological polar surface area (TPSA) is 84.7 Å². The molecule has 1 N–H and O–H groups in total. The van der Waals surface area contributed by atoms with E-state index in [2.05, 4.69) is 35.5 Å². The van der Waals surface area contributed by atoms with Crippen LogP contribution in [0.25, 0.3) is 11.0 Å². The molecule has 4 heterocycles. The number of fused-ring (bicyclic) bond motifs is 1. The Morgan fingerprint density at radius 2 is 1.96 bits per heavy atom. The average molecular weight is 359 g/mol. The Morgan fingerprint density at radius 1 is 1.16 bits per heavy atom. The summed E-state index contributed by atoms with van der Waals surface area (Å²) >= 11 is 5.81. The standard InChI is InChI=1S/C16H19ClN8/c1-10-19-15(12-9-18-24(2)16(12)20-10)21-11-5-7-25(8-6-11)14-4-3-13(17)22-23-14/h3-4,9,11H,5-8H2,1-2H3,(H,19,20,21). The van der Waals surface area contributed by atoms with E-state index < -0.39 is 0 Å². The molecule has 0 atom stereocenters. The maximum atomic E-state index is 5.81. The van der Waals surface area contributed by atoms with Gasteiger partial charge in [-0.2, -0.15) is 5.10 Å². The van der Waals surface area contributed by atoms with Gasteiger partial charge < -0.3 is 10.2 Å². The summed E-state index contributed by atoms with van der Waals surface area (Å²) < 4.78 is 1.77. The zero-order valence-corrected chi connectivity index (χ0v) is 14.9. The first-order valence-electron chi connectivity index (χ1n) is 8.27. The second kappa shape index (κ2) is 6.44. The molecule has 0 unspecified atom stereocenters. The van der Waals surface area contributed by atoms with Crippen molar-refractivity contribution in [2.75, 3.05) is 23.3 Å². The van der Waals surface area contributed by atoms with Crippen molar-refractivity contribution in [2.45, 2.75) is 25.8 Å². The van der Waals surface area contributed by atoms with Gasteiger partial charge in [0, 0.05) is 26.2 Å². The summed E-state index contributed by atoms with van der Waals surface area (Å²) in [5.41, 5.74) is 0.851. The number of rotatable bonds is 3. The van der Waals surface area contributed by atoms with Crippen molar-refractivity contribution in [2.24, 2.45) is 7.05 Å². The highest BCUT2D eigenvalue weighted by atomic mass is 35.5. The molecule has 0 radical (unpaired) electrons. The third-order valence-corrected chi connectivity index (χ3v) is 4.68. The summed E-state index contributed by atoms with van der Waals surface area (Å²) in [6.45, 7) is 3.72. The van der Waals surface area contributed by atoms with Gasteiger partial charge in [-0.05, 0) is 31.9 Å². The first-order valence-corrected chi connectivity index (χ1v) is 8.65. The predicted molar refractivity (Wildman–Crippen MR) is 96.9 cm³/mol. The zero-order valence-electron chi connectivity index (χ0n) is 14.1. The van der Waals surface area contributed by atoms with Crippen molar-refractivity contribution in [1.29, 1.82) is 0 Å². The number of nitrogens with zero attached hydrogens (tertiary/aromatic N) is 7. The molecule has 1 saturated heterocycles. The maximum Gasteiger partial charge on any atom is 0.163 e. The Labute approximate surface area is 150 Å². The number of aromatic nitrogens is 6. The van der Waals surface area contributed by atoms with E-state index >= 15 is 0 Å². The van der Waals surface area contributed by atoms with Gasteiger partial charge in [0.15, 0.2) is 16.6 Å². The summed E-state index contributed by atoms with van der Waals surface area (Å²) in [5, 5.41) is 17.3. The Kier molecular flexibility index (Phi) is 4.12. The molecular formula is C16H19ClN8. The van der Waals surface area contributed by atoms with Gasteiger partial charge in [0.1, 0.15) is 11.6 Å². The number of piperidine rings is 1. The van der Waals surface area contributed by atoms with Gasteiger partial charge in [-0.1, -0.05) is 11.6 Å². The van der Waals surface area contributed by atoms with Crippen molar-refractivity contribution in [3.8, 4) is 0 Å². The van der Waals surface area contributed by atoms with E-state index in [1.165, 1.54) is 0 Å². The Morgan fingerprint density at radius 3 is 2.68 bits per heavy atom. The normalized spacial score (nSPS) is 15.7. The van der Waals surface area contributed by atoms with Gasteiger partial charge in [0.2, 0.25) is 0 Å². The molecule has 1 fully saturated rings. The average Bonchev–Trinajstić information content (AvgIpc) is 2.98. The van der Waals surface area contributed by atoms with Gasteiger partial charge in [0.05, 0.1) is 11.6 Å². The van der Waals surface area contributed by atoms with Crippen molar-refractivity contribution in [1.82, 2.24) is 29.9 Å². The maximum absolute atomic E-state index is 5.81. The van der Waals surface area contributed by atoms with Crippen molar-refractivity contribution >= 4 is 34.3 Å². The van der Waals surface area contributed by atoms with Crippen LogP contribution >= 0.6 is 11.6 Å². The van der Waals surface area contributed by atoms with Crippen LogP contribution < -0.4 is 10.2 Å². The molecular weight excluding hydrogens is 340 g/mol.